The number of hydrogen-bond acceptors (Lipinski definition) is 6. The van der Waals surface area contributed by atoms with Crippen molar-refractivity contribution in [3.63, 3.8) is 0 Å². The van der Waals surface area contributed by atoms with Crippen LogP contribution in [0.25, 0.3) is 0 Å². The van der Waals surface area contributed by atoms with Gasteiger partial charge in [0.1, 0.15) is 0 Å². The Morgan fingerprint density at radius 2 is 2.29 bits per heavy atom. The molecule has 0 saturated carbocycles. The van der Waals surface area contributed by atoms with E-state index in [1.807, 2.05) is 6.92 Å². The highest BCUT2D eigenvalue weighted by molar-refractivity contribution is 7.98. The van der Waals surface area contributed by atoms with Crippen LogP contribution in [0.2, 0.25) is 0 Å². The quantitative estimate of drug-likeness (QED) is 0.642. The lowest BCUT2D eigenvalue weighted by Gasteiger charge is -2.04. The van der Waals surface area contributed by atoms with Crippen LogP contribution in [-0.2, 0) is 17.0 Å². The van der Waals surface area contributed by atoms with Gasteiger partial charge in [0.2, 0.25) is 0 Å². The molecule has 0 aliphatic rings. The van der Waals surface area contributed by atoms with Crippen molar-refractivity contribution >= 4 is 17.7 Å². The summed E-state index contributed by atoms with van der Waals surface area (Å²) in [5.74, 6) is 0.154. The maximum atomic E-state index is 11.6. The van der Waals surface area contributed by atoms with Crippen molar-refractivity contribution in [3.05, 3.63) is 40.1 Å². The van der Waals surface area contributed by atoms with Crippen molar-refractivity contribution in [3.8, 4) is 0 Å². The van der Waals surface area contributed by atoms with E-state index >= 15 is 0 Å². The largest absolute Gasteiger partial charge is 0.465 e. The molecule has 0 bridgehead atoms. The van der Waals surface area contributed by atoms with Crippen molar-refractivity contribution < 1.29 is 9.53 Å². The molecule has 0 aliphatic heterocycles. The average molecular weight is 308 g/mol. The third kappa shape index (κ3) is 3.72. The van der Waals surface area contributed by atoms with Crippen LogP contribution in [0, 0.1) is 0 Å². The number of nitrogens with one attached hydrogen (secondary N) is 1. The minimum absolute atomic E-state index is 0.201. The zero-order valence-corrected chi connectivity index (χ0v) is 12.6. The van der Waals surface area contributed by atoms with Gasteiger partial charge in [-0.25, -0.2) is 14.7 Å². The van der Waals surface area contributed by atoms with Crippen LogP contribution in [0.5, 0.6) is 0 Å². The number of esters is 1. The van der Waals surface area contributed by atoms with Gasteiger partial charge in [0.25, 0.3) is 0 Å². The van der Waals surface area contributed by atoms with E-state index in [2.05, 4.69) is 19.9 Å². The molecule has 0 saturated heterocycles. The number of nitrogens with zero attached hydrogens (tertiary/aromatic N) is 3. The van der Waals surface area contributed by atoms with Crippen LogP contribution in [0.15, 0.2) is 28.3 Å². The van der Waals surface area contributed by atoms with Crippen LogP contribution in [0.4, 0.5) is 0 Å². The number of H-pyrrole nitrogens is 1. The molecule has 0 amide bonds. The lowest BCUT2D eigenvalue weighted by molar-refractivity contribution is 0.0600. The predicted octanol–water partition coefficient (Wildman–Crippen LogP) is 1.46. The summed E-state index contributed by atoms with van der Waals surface area (Å²) >= 11 is 1.42. The van der Waals surface area contributed by atoms with Crippen LogP contribution in [0.1, 0.15) is 29.4 Å². The van der Waals surface area contributed by atoms with Gasteiger partial charge in [-0.05, 0) is 18.6 Å². The van der Waals surface area contributed by atoms with E-state index in [0.717, 1.165) is 12.1 Å². The van der Waals surface area contributed by atoms with Gasteiger partial charge in [-0.3, -0.25) is 9.55 Å². The van der Waals surface area contributed by atoms with Gasteiger partial charge in [0.05, 0.1) is 18.4 Å². The number of aromatic amines is 1. The van der Waals surface area contributed by atoms with Crippen LogP contribution in [-0.4, -0.2) is 32.8 Å². The third-order valence-electron chi connectivity index (χ3n) is 2.77. The molecule has 2 heterocycles. The molecule has 21 heavy (non-hydrogen) atoms. The number of ether oxygens (including phenoxy) is 1. The molecule has 2 aromatic heterocycles. The van der Waals surface area contributed by atoms with E-state index in [1.54, 1.807) is 16.7 Å². The fourth-order valence-electron chi connectivity index (χ4n) is 1.72. The Hall–Kier alpha value is -2.09. The summed E-state index contributed by atoms with van der Waals surface area (Å²) < 4.78 is 6.22. The van der Waals surface area contributed by atoms with Gasteiger partial charge in [-0.1, -0.05) is 18.7 Å². The monoisotopic (exact) mass is 308 g/mol. The van der Waals surface area contributed by atoms with Crippen molar-refractivity contribution in [2.75, 3.05) is 7.11 Å². The molecule has 0 spiro atoms. The molecule has 7 nitrogen and oxygen atoms in total. The van der Waals surface area contributed by atoms with Crippen molar-refractivity contribution in [2.45, 2.75) is 30.8 Å². The first-order valence-corrected chi connectivity index (χ1v) is 7.45. The van der Waals surface area contributed by atoms with Crippen LogP contribution in [0.3, 0.4) is 0 Å². The standard InChI is InChI=1S/C13H16N4O3S/c1-3-6-17-12(19)15-16-13(17)21-8-10-5-4-9(7-14-10)11(18)20-2/h4-5,7H,3,6,8H2,1-2H3,(H,15,19). The van der Waals surface area contributed by atoms with Gasteiger partial charge < -0.3 is 4.74 Å². The van der Waals surface area contributed by atoms with Crippen molar-refractivity contribution in [2.24, 2.45) is 0 Å². The van der Waals surface area contributed by atoms with E-state index in [1.165, 1.54) is 25.1 Å². The summed E-state index contributed by atoms with van der Waals surface area (Å²) in [5, 5.41) is 7.08. The molecular formula is C13H16N4O3S. The molecule has 0 radical (unpaired) electrons. The highest BCUT2D eigenvalue weighted by Crippen LogP contribution is 2.18. The topological polar surface area (TPSA) is 89.9 Å². The second-order valence-electron chi connectivity index (χ2n) is 4.28. The fourth-order valence-corrected chi connectivity index (χ4v) is 2.61. The first-order valence-electron chi connectivity index (χ1n) is 6.47. The predicted molar refractivity (Wildman–Crippen MR) is 78.3 cm³/mol. The molecule has 0 fully saturated rings. The van der Waals surface area contributed by atoms with E-state index in [4.69, 9.17) is 0 Å². The van der Waals surface area contributed by atoms with Crippen molar-refractivity contribution in [1.29, 1.82) is 0 Å². The minimum atomic E-state index is -0.411. The Morgan fingerprint density at radius 3 is 2.90 bits per heavy atom. The van der Waals surface area contributed by atoms with Crippen molar-refractivity contribution in [1.82, 2.24) is 19.7 Å². The molecule has 1 N–H and O–H groups in total. The first kappa shape index (κ1) is 15.3. The lowest BCUT2D eigenvalue weighted by atomic mass is 10.2. The number of aromatic nitrogens is 4. The molecule has 8 heteroatoms. The molecule has 0 atom stereocenters. The zero-order valence-electron chi connectivity index (χ0n) is 11.8. The third-order valence-corrected chi connectivity index (χ3v) is 3.78. The van der Waals surface area contributed by atoms with E-state index in [0.29, 0.717) is 23.0 Å². The minimum Gasteiger partial charge on any atom is -0.465 e. The molecule has 112 valence electrons. The molecule has 0 aromatic carbocycles. The number of carbonyl (C=O) groups excluding carboxylic acids is 1. The van der Waals surface area contributed by atoms with Crippen LogP contribution < -0.4 is 5.69 Å². The second-order valence-corrected chi connectivity index (χ2v) is 5.22. The fraction of sp³-hybridized carbons (Fsp3) is 0.385. The summed E-state index contributed by atoms with van der Waals surface area (Å²) in [6, 6.07) is 3.42. The highest BCUT2D eigenvalue weighted by Gasteiger charge is 2.10. The maximum Gasteiger partial charge on any atom is 0.343 e. The molecule has 2 aromatic rings. The summed E-state index contributed by atoms with van der Waals surface area (Å²) in [4.78, 5) is 27.1. The Labute approximate surface area is 125 Å². The molecule has 0 unspecified atom stereocenters. The summed E-state index contributed by atoms with van der Waals surface area (Å²) in [7, 11) is 1.33. The lowest BCUT2D eigenvalue weighted by Crippen LogP contribution is -2.17. The van der Waals surface area contributed by atoms with Crippen LogP contribution >= 0.6 is 11.8 Å². The van der Waals surface area contributed by atoms with E-state index in [-0.39, 0.29) is 5.69 Å². The molecule has 2 rings (SSSR count). The Morgan fingerprint density at radius 1 is 1.48 bits per heavy atom. The molecular weight excluding hydrogens is 292 g/mol. The number of rotatable bonds is 6. The van der Waals surface area contributed by atoms with Gasteiger partial charge in [0.15, 0.2) is 5.16 Å². The summed E-state index contributed by atoms with van der Waals surface area (Å²) in [6.07, 6.45) is 2.34. The summed E-state index contributed by atoms with van der Waals surface area (Å²) in [5.41, 5.74) is 1.01. The SMILES string of the molecule is CCCn1c(SCc2ccc(C(=O)OC)cn2)n[nH]c1=O. The van der Waals surface area contributed by atoms with Gasteiger partial charge in [-0.2, -0.15) is 0 Å². The van der Waals surface area contributed by atoms with E-state index in [9.17, 15) is 9.59 Å². The number of methoxy groups -OCH3 is 1. The molecule has 0 aliphatic carbocycles. The number of thioether (sulfide) groups is 1. The normalized spacial score (nSPS) is 10.6. The van der Waals surface area contributed by atoms with Gasteiger partial charge in [-0.15, -0.1) is 5.10 Å². The smallest absolute Gasteiger partial charge is 0.343 e. The Balaban J connectivity index is 2.03. The zero-order chi connectivity index (χ0) is 15.2. The number of carbonyl (C=O) groups is 1. The highest BCUT2D eigenvalue weighted by atomic mass is 32.2. The van der Waals surface area contributed by atoms with Gasteiger partial charge in [0, 0.05) is 18.5 Å². The Kier molecular flexibility index (Phi) is 5.15. The maximum absolute atomic E-state index is 11.6. The van der Waals surface area contributed by atoms with E-state index < -0.39 is 5.97 Å². The summed E-state index contributed by atoms with van der Waals surface area (Å²) in [6.45, 7) is 2.63. The number of hydrogen-bond donors (Lipinski definition) is 1. The second kappa shape index (κ2) is 7.07. The first-order chi connectivity index (χ1) is 10.2. The average Bonchev–Trinajstić information content (AvgIpc) is 2.86. The van der Waals surface area contributed by atoms with Gasteiger partial charge >= 0.3 is 11.7 Å². The Bertz CT molecular complexity index is 663. The number of pyridine rings is 1.